The lowest BCUT2D eigenvalue weighted by atomic mass is 10.0. The van der Waals surface area contributed by atoms with E-state index < -0.39 is 6.10 Å². The Morgan fingerprint density at radius 2 is 2.06 bits per heavy atom. The highest BCUT2D eigenvalue weighted by atomic mass is 79.9. The molecular weight excluding hydrogens is 300 g/mol. The Hall–Kier alpha value is -0.580. The van der Waals surface area contributed by atoms with Crippen molar-refractivity contribution in [3.8, 4) is 0 Å². The first kappa shape index (κ1) is 12.9. The largest absolute Gasteiger partial charge is 0.466 e. The molecule has 17 heavy (non-hydrogen) atoms. The van der Waals surface area contributed by atoms with Crippen LogP contribution in [0, 0.1) is 20.8 Å². The zero-order chi connectivity index (χ0) is 12.6. The number of halogens is 1. The molecule has 4 heteroatoms. The first-order valence-electron chi connectivity index (χ1n) is 5.47. The Morgan fingerprint density at radius 1 is 1.35 bits per heavy atom. The molecular formula is C13H15BrO2S. The number of aliphatic hydroxyl groups is 1. The van der Waals surface area contributed by atoms with Gasteiger partial charge in [-0.3, -0.25) is 0 Å². The van der Waals surface area contributed by atoms with Gasteiger partial charge in [0.25, 0.3) is 0 Å². The third kappa shape index (κ3) is 2.49. The summed E-state index contributed by atoms with van der Waals surface area (Å²) in [6, 6.07) is 2.01. The number of hydrogen-bond donors (Lipinski definition) is 1. The van der Waals surface area contributed by atoms with Gasteiger partial charge in [-0.15, -0.1) is 11.3 Å². The second-order valence-electron chi connectivity index (χ2n) is 4.16. The summed E-state index contributed by atoms with van der Waals surface area (Å²) in [5.41, 5.74) is 1.99. The van der Waals surface area contributed by atoms with Crippen LogP contribution in [0.4, 0.5) is 0 Å². The molecule has 2 heterocycles. The lowest BCUT2D eigenvalue weighted by Gasteiger charge is -2.10. The summed E-state index contributed by atoms with van der Waals surface area (Å²) in [6.45, 7) is 5.83. The summed E-state index contributed by atoms with van der Waals surface area (Å²) in [5.74, 6) is 1.71. The fourth-order valence-corrected chi connectivity index (χ4v) is 3.60. The first-order chi connectivity index (χ1) is 8.00. The van der Waals surface area contributed by atoms with E-state index in [9.17, 15) is 5.11 Å². The molecule has 0 fully saturated rings. The average Bonchev–Trinajstić information content (AvgIpc) is 2.74. The third-order valence-electron chi connectivity index (χ3n) is 3.02. The van der Waals surface area contributed by atoms with Gasteiger partial charge >= 0.3 is 0 Å². The second-order valence-corrected chi connectivity index (χ2v) is 6.02. The van der Waals surface area contributed by atoms with Crippen LogP contribution in [0.3, 0.4) is 0 Å². The molecule has 2 rings (SSSR count). The lowest BCUT2D eigenvalue weighted by Crippen LogP contribution is -2.03. The zero-order valence-corrected chi connectivity index (χ0v) is 12.5. The van der Waals surface area contributed by atoms with E-state index >= 15 is 0 Å². The Labute approximate surface area is 113 Å². The van der Waals surface area contributed by atoms with Crippen LogP contribution in [0.15, 0.2) is 20.3 Å². The molecule has 0 aliphatic heterocycles. The van der Waals surface area contributed by atoms with Gasteiger partial charge < -0.3 is 9.52 Å². The normalized spacial score (nSPS) is 13.0. The fraction of sp³-hybridized carbons (Fsp3) is 0.385. The molecule has 0 aliphatic rings. The maximum atomic E-state index is 10.3. The van der Waals surface area contributed by atoms with Crippen LogP contribution in [-0.2, 0) is 6.42 Å². The van der Waals surface area contributed by atoms with E-state index in [1.165, 1.54) is 0 Å². The van der Waals surface area contributed by atoms with E-state index in [0.717, 1.165) is 32.0 Å². The zero-order valence-electron chi connectivity index (χ0n) is 10.1. The van der Waals surface area contributed by atoms with E-state index in [2.05, 4.69) is 15.9 Å². The van der Waals surface area contributed by atoms with Gasteiger partial charge in [-0.25, -0.2) is 0 Å². The van der Waals surface area contributed by atoms with Crippen molar-refractivity contribution in [2.75, 3.05) is 0 Å². The van der Waals surface area contributed by atoms with Crippen LogP contribution in [0.1, 0.15) is 33.6 Å². The van der Waals surface area contributed by atoms with Crippen LogP contribution >= 0.6 is 27.3 Å². The number of aliphatic hydroxyl groups excluding tert-OH is 1. The van der Waals surface area contributed by atoms with E-state index in [4.69, 9.17) is 4.42 Å². The Morgan fingerprint density at radius 3 is 2.53 bits per heavy atom. The Kier molecular flexibility index (Phi) is 3.76. The van der Waals surface area contributed by atoms with Gasteiger partial charge in [0.15, 0.2) is 0 Å². The maximum absolute atomic E-state index is 10.3. The maximum Gasteiger partial charge on any atom is 0.107 e. The standard InChI is InChI=1S/C13H15BrO2S/c1-7-8(2)16-9(3)13(7)11(15)6-12-10(14)4-5-17-12/h4-5,11,15H,6H2,1-3H3. The summed E-state index contributed by atoms with van der Waals surface area (Å²) in [4.78, 5) is 1.16. The monoisotopic (exact) mass is 314 g/mol. The molecule has 0 saturated heterocycles. The van der Waals surface area contributed by atoms with Crippen molar-refractivity contribution in [1.82, 2.24) is 0 Å². The average molecular weight is 315 g/mol. The van der Waals surface area contributed by atoms with E-state index in [-0.39, 0.29) is 0 Å². The molecule has 0 spiro atoms. The van der Waals surface area contributed by atoms with E-state index in [0.29, 0.717) is 6.42 Å². The molecule has 1 unspecified atom stereocenters. The highest BCUT2D eigenvalue weighted by Crippen LogP contribution is 2.32. The molecule has 0 aliphatic carbocycles. The van der Waals surface area contributed by atoms with Gasteiger partial charge in [0.2, 0.25) is 0 Å². The van der Waals surface area contributed by atoms with Crippen molar-refractivity contribution in [1.29, 1.82) is 0 Å². The van der Waals surface area contributed by atoms with Crippen molar-refractivity contribution in [3.63, 3.8) is 0 Å². The molecule has 2 nitrogen and oxygen atoms in total. The lowest BCUT2D eigenvalue weighted by molar-refractivity contribution is 0.176. The summed E-state index contributed by atoms with van der Waals surface area (Å²) >= 11 is 5.14. The molecule has 0 aromatic carbocycles. The highest BCUT2D eigenvalue weighted by Gasteiger charge is 2.20. The minimum Gasteiger partial charge on any atom is -0.466 e. The minimum atomic E-state index is -0.498. The topological polar surface area (TPSA) is 33.4 Å². The number of hydrogen-bond acceptors (Lipinski definition) is 3. The van der Waals surface area contributed by atoms with Gasteiger partial charge in [-0.1, -0.05) is 0 Å². The number of thiophene rings is 1. The van der Waals surface area contributed by atoms with Gasteiger partial charge in [-0.05, 0) is 53.7 Å². The SMILES string of the molecule is Cc1oc(C)c(C(O)Cc2sccc2Br)c1C. The molecule has 1 N–H and O–H groups in total. The smallest absolute Gasteiger partial charge is 0.107 e. The van der Waals surface area contributed by atoms with Crippen LogP contribution < -0.4 is 0 Å². The molecule has 0 radical (unpaired) electrons. The minimum absolute atomic E-state index is 0.498. The van der Waals surface area contributed by atoms with Crippen molar-refractivity contribution in [2.24, 2.45) is 0 Å². The number of furan rings is 1. The van der Waals surface area contributed by atoms with Gasteiger partial charge in [0.05, 0.1) is 6.10 Å². The summed E-state index contributed by atoms with van der Waals surface area (Å²) in [6.07, 6.45) is 0.126. The quantitative estimate of drug-likeness (QED) is 0.916. The number of rotatable bonds is 3. The molecule has 0 saturated carbocycles. The van der Waals surface area contributed by atoms with Gasteiger partial charge in [0.1, 0.15) is 11.5 Å². The molecule has 0 bridgehead atoms. The van der Waals surface area contributed by atoms with Crippen molar-refractivity contribution < 1.29 is 9.52 Å². The van der Waals surface area contributed by atoms with E-state index in [1.807, 2.05) is 32.2 Å². The van der Waals surface area contributed by atoms with Gasteiger partial charge in [-0.2, -0.15) is 0 Å². The van der Waals surface area contributed by atoms with Gasteiger partial charge in [0, 0.05) is 21.3 Å². The summed E-state index contributed by atoms with van der Waals surface area (Å²) < 4.78 is 6.61. The van der Waals surface area contributed by atoms with Crippen molar-refractivity contribution in [2.45, 2.75) is 33.3 Å². The molecule has 2 aromatic rings. The van der Waals surface area contributed by atoms with Crippen LogP contribution in [0.5, 0.6) is 0 Å². The van der Waals surface area contributed by atoms with E-state index in [1.54, 1.807) is 11.3 Å². The second kappa shape index (κ2) is 4.96. The molecule has 0 amide bonds. The van der Waals surface area contributed by atoms with Crippen LogP contribution in [0.25, 0.3) is 0 Å². The van der Waals surface area contributed by atoms with Crippen molar-refractivity contribution in [3.05, 3.63) is 43.4 Å². The first-order valence-corrected chi connectivity index (χ1v) is 7.14. The predicted octanol–water partition coefficient (Wildman–Crippen LogP) is 4.30. The molecule has 1 atom stereocenters. The predicted molar refractivity (Wildman–Crippen MR) is 73.6 cm³/mol. The molecule has 2 aromatic heterocycles. The van der Waals surface area contributed by atoms with Crippen molar-refractivity contribution >= 4 is 27.3 Å². The highest BCUT2D eigenvalue weighted by molar-refractivity contribution is 9.10. The fourth-order valence-electron chi connectivity index (χ4n) is 2.05. The van der Waals surface area contributed by atoms with Crippen LogP contribution in [-0.4, -0.2) is 5.11 Å². The third-order valence-corrected chi connectivity index (χ3v) is 4.97. The summed E-state index contributed by atoms with van der Waals surface area (Å²) in [7, 11) is 0. The summed E-state index contributed by atoms with van der Waals surface area (Å²) in [5, 5.41) is 12.3. The Balaban J connectivity index is 2.26. The molecule has 92 valence electrons. The number of aryl methyl sites for hydroxylation is 2. The van der Waals surface area contributed by atoms with Crippen LogP contribution in [0.2, 0.25) is 0 Å². The Bertz CT molecular complexity index is 528.